The van der Waals surface area contributed by atoms with Crippen LogP contribution < -0.4 is 15.5 Å². The number of carbonyl (C=O) groups is 1. The molecule has 2 heterocycles. The first-order chi connectivity index (χ1) is 17.3. The van der Waals surface area contributed by atoms with Crippen LogP contribution in [-0.2, 0) is 0 Å². The standard InChI is InChI=1S/C29H41N5OS/c1-7-34(25-10-8-24(9-11-25)33(5)6)28-14-22(27-17-36-18-32-27)13-26(21(28)4)29(35)31-16-23-15-30-20(3)12-19(23)2/h12-14,17-18,24-25,30H,7-11,15-16H2,1-6H3,(H,31,35)/t24-,25-. The number of carbonyl (C=O) groups excluding carboxylic acids is 1. The largest absolute Gasteiger partial charge is 0.385 e. The monoisotopic (exact) mass is 507 g/mol. The van der Waals surface area contributed by atoms with Crippen molar-refractivity contribution in [2.75, 3.05) is 38.6 Å². The molecule has 1 aromatic carbocycles. The number of hydrogen-bond acceptors (Lipinski definition) is 6. The molecule has 1 fully saturated rings. The Balaban J connectivity index is 1.63. The summed E-state index contributed by atoms with van der Waals surface area (Å²) in [4.78, 5) is 23.0. The van der Waals surface area contributed by atoms with E-state index in [2.05, 4.69) is 84.7 Å². The molecular weight excluding hydrogens is 466 g/mol. The zero-order valence-electron chi connectivity index (χ0n) is 22.6. The molecule has 0 spiro atoms. The summed E-state index contributed by atoms with van der Waals surface area (Å²) < 4.78 is 0. The van der Waals surface area contributed by atoms with Crippen LogP contribution in [0.2, 0.25) is 0 Å². The van der Waals surface area contributed by atoms with E-state index in [0.29, 0.717) is 18.6 Å². The molecule has 7 heteroatoms. The van der Waals surface area contributed by atoms with Crippen molar-refractivity contribution in [1.82, 2.24) is 20.5 Å². The fourth-order valence-corrected chi connectivity index (χ4v) is 6.16. The highest BCUT2D eigenvalue weighted by atomic mass is 32.1. The van der Waals surface area contributed by atoms with Gasteiger partial charge in [-0.1, -0.05) is 0 Å². The van der Waals surface area contributed by atoms with Gasteiger partial charge in [-0.3, -0.25) is 4.79 Å². The van der Waals surface area contributed by atoms with E-state index in [-0.39, 0.29) is 5.91 Å². The Bertz CT molecular complexity index is 1130. The van der Waals surface area contributed by atoms with E-state index in [9.17, 15) is 4.79 Å². The number of nitrogens with zero attached hydrogens (tertiary/aromatic N) is 3. The lowest BCUT2D eigenvalue weighted by Crippen LogP contribution is -2.42. The van der Waals surface area contributed by atoms with Gasteiger partial charge in [0.1, 0.15) is 0 Å². The Morgan fingerprint density at radius 1 is 1.14 bits per heavy atom. The van der Waals surface area contributed by atoms with Gasteiger partial charge >= 0.3 is 0 Å². The van der Waals surface area contributed by atoms with Gasteiger partial charge in [0.05, 0.1) is 11.2 Å². The Kier molecular flexibility index (Phi) is 8.52. The first-order valence-electron chi connectivity index (χ1n) is 13.1. The van der Waals surface area contributed by atoms with Gasteiger partial charge in [0.25, 0.3) is 5.91 Å². The second kappa shape index (κ2) is 11.6. The topological polar surface area (TPSA) is 60.5 Å². The minimum Gasteiger partial charge on any atom is -0.385 e. The number of allylic oxidation sites excluding steroid dienone is 3. The Hall–Kier alpha value is -2.64. The lowest BCUT2D eigenvalue weighted by molar-refractivity contribution is 0.0956. The quantitative estimate of drug-likeness (QED) is 0.503. The number of hydrogen-bond donors (Lipinski definition) is 2. The molecule has 1 amide bonds. The number of nitrogens with one attached hydrogen (secondary N) is 2. The maximum Gasteiger partial charge on any atom is 0.251 e. The zero-order valence-corrected chi connectivity index (χ0v) is 23.5. The zero-order chi connectivity index (χ0) is 25.8. The highest BCUT2D eigenvalue weighted by Gasteiger charge is 2.28. The molecule has 0 radical (unpaired) electrons. The molecule has 0 bridgehead atoms. The maximum atomic E-state index is 13.5. The molecule has 4 rings (SSSR count). The van der Waals surface area contributed by atoms with Crippen LogP contribution in [0, 0.1) is 6.92 Å². The van der Waals surface area contributed by atoms with Gasteiger partial charge in [-0.05, 0) is 102 Å². The van der Waals surface area contributed by atoms with Crippen LogP contribution in [0.4, 0.5) is 5.69 Å². The predicted molar refractivity (Wildman–Crippen MR) is 152 cm³/mol. The van der Waals surface area contributed by atoms with E-state index in [1.807, 2.05) is 11.6 Å². The van der Waals surface area contributed by atoms with Crippen molar-refractivity contribution in [3.63, 3.8) is 0 Å². The number of dihydropyridines is 1. The van der Waals surface area contributed by atoms with Crippen molar-refractivity contribution in [3.05, 3.63) is 57.1 Å². The summed E-state index contributed by atoms with van der Waals surface area (Å²) in [6.07, 6.45) is 6.91. The van der Waals surface area contributed by atoms with Crippen molar-refractivity contribution in [3.8, 4) is 11.3 Å². The number of rotatable bonds is 8. The molecule has 0 atom stereocenters. The lowest BCUT2D eigenvalue weighted by atomic mass is 9.88. The van der Waals surface area contributed by atoms with E-state index in [0.717, 1.165) is 41.2 Å². The Morgan fingerprint density at radius 2 is 1.86 bits per heavy atom. The molecule has 1 aliphatic heterocycles. The van der Waals surface area contributed by atoms with Crippen LogP contribution in [0.1, 0.15) is 62.4 Å². The summed E-state index contributed by atoms with van der Waals surface area (Å²) in [5.41, 5.74) is 10.4. The highest BCUT2D eigenvalue weighted by Crippen LogP contribution is 2.35. The molecule has 1 aliphatic carbocycles. The molecule has 2 aromatic rings. The third-order valence-electron chi connectivity index (χ3n) is 7.87. The van der Waals surface area contributed by atoms with Crippen molar-refractivity contribution < 1.29 is 4.79 Å². The molecule has 1 saturated carbocycles. The smallest absolute Gasteiger partial charge is 0.251 e. The van der Waals surface area contributed by atoms with Crippen LogP contribution >= 0.6 is 11.3 Å². The molecule has 36 heavy (non-hydrogen) atoms. The third-order valence-corrected chi connectivity index (χ3v) is 8.46. The minimum atomic E-state index is -0.0234. The van der Waals surface area contributed by atoms with Crippen molar-refractivity contribution in [2.24, 2.45) is 0 Å². The molecule has 0 unspecified atom stereocenters. The number of anilines is 1. The Labute approximate surface area is 220 Å². The number of benzene rings is 1. The van der Waals surface area contributed by atoms with Gasteiger partial charge in [-0.25, -0.2) is 4.98 Å². The van der Waals surface area contributed by atoms with Crippen LogP contribution in [0.15, 0.2) is 45.9 Å². The van der Waals surface area contributed by atoms with Gasteiger partial charge in [0.15, 0.2) is 0 Å². The lowest BCUT2D eigenvalue weighted by Gasteiger charge is -2.40. The van der Waals surface area contributed by atoms with Gasteiger partial charge in [-0.2, -0.15) is 0 Å². The fraction of sp³-hybridized carbons (Fsp3) is 0.517. The average molecular weight is 508 g/mol. The number of thiazole rings is 1. The first kappa shape index (κ1) is 26.4. The van der Waals surface area contributed by atoms with E-state index in [1.165, 1.54) is 42.5 Å². The molecule has 6 nitrogen and oxygen atoms in total. The molecule has 2 aliphatic rings. The second-order valence-electron chi connectivity index (χ2n) is 10.4. The van der Waals surface area contributed by atoms with Crippen molar-refractivity contribution in [2.45, 2.75) is 65.5 Å². The average Bonchev–Trinajstić information content (AvgIpc) is 3.40. The SMILES string of the molecule is CCN(c1cc(-c2cscn2)cc(C(=O)NCC2=C(C)C=C(C)NC2)c1C)[C@H]1CC[C@H](N(C)C)CC1. The van der Waals surface area contributed by atoms with Gasteiger partial charge in [0, 0.05) is 59.6 Å². The van der Waals surface area contributed by atoms with E-state index >= 15 is 0 Å². The Morgan fingerprint density at radius 3 is 2.47 bits per heavy atom. The van der Waals surface area contributed by atoms with Crippen LogP contribution in [0.3, 0.4) is 0 Å². The summed E-state index contributed by atoms with van der Waals surface area (Å²) >= 11 is 1.58. The van der Waals surface area contributed by atoms with Crippen LogP contribution in [0.25, 0.3) is 11.3 Å². The summed E-state index contributed by atoms with van der Waals surface area (Å²) in [6.45, 7) is 10.8. The molecule has 1 aromatic heterocycles. The van der Waals surface area contributed by atoms with Gasteiger partial charge in [0.2, 0.25) is 0 Å². The summed E-state index contributed by atoms with van der Waals surface area (Å²) in [5, 5.41) is 8.64. The summed E-state index contributed by atoms with van der Waals surface area (Å²) in [5.74, 6) is -0.0234. The third kappa shape index (κ3) is 5.84. The fourth-order valence-electron chi connectivity index (χ4n) is 5.60. The second-order valence-corrected chi connectivity index (χ2v) is 11.1. The number of amides is 1. The number of aromatic nitrogens is 1. The molecule has 2 N–H and O–H groups in total. The molecule has 0 saturated heterocycles. The van der Waals surface area contributed by atoms with Gasteiger partial charge in [-0.15, -0.1) is 11.3 Å². The van der Waals surface area contributed by atoms with Crippen LogP contribution in [-0.4, -0.2) is 61.6 Å². The normalized spacial score (nSPS) is 20.2. The van der Waals surface area contributed by atoms with E-state index in [1.54, 1.807) is 11.3 Å². The summed E-state index contributed by atoms with van der Waals surface area (Å²) in [6, 6.07) is 5.41. The molecular formula is C29H41N5OS. The molecule has 194 valence electrons. The first-order valence-corrected chi connectivity index (χ1v) is 14.1. The van der Waals surface area contributed by atoms with E-state index in [4.69, 9.17) is 0 Å². The van der Waals surface area contributed by atoms with Crippen molar-refractivity contribution >= 4 is 22.9 Å². The van der Waals surface area contributed by atoms with Crippen LogP contribution in [0.5, 0.6) is 0 Å². The summed E-state index contributed by atoms with van der Waals surface area (Å²) in [7, 11) is 4.38. The predicted octanol–water partition coefficient (Wildman–Crippen LogP) is 5.37. The van der Waals surface area contributed by atoms with Gasteiger partial charge < -0.3 is 20.4 Å². The minimum absolute atomic E-state index is 0.0234. The van der Waals surface area contributed by atoms with Crippen molar-refractivity contribution in [1.29, 1.82) is 0 Å². The van der Waals surface area contributed by atoms with E-state index < -0.39 is 0 Å². The highest BCUT2D eigenvalue weighted by molar-refractivity contribution is 7.07. The maximum absolute atomic E-state index is 13.5.